The van der Waals surface area contributed by atoms with Crippen LogP contribution in [-0.4, -0.2) is 40.3 Å². The lowest BCUT2D eigenvalue weighted by Gasteiger charge is -2.25. The monoisotopic (exact) mass is 494 g/mol. The van der Waals surface area contributed by atoms with Gasteiger partial charge in [0.2, 0.25) is 15.9 Å². The smallest absolute Gasteiger partial charge is 0.232 e. The second kappa shape index (κ2) is 10.8. The zero-order valence-corrected chi connectivity index (χ0v) is 20.8. The normalized spacial score (nSPS) is 13.7. The molecule has 8 heteroatoms. The van der Waals surface area contributed by atoms with Crippen LogP contribution in [0.5, 0.6) is 11.5 Å². The van der Waals surface area contributed by atoms with Gasteiger partial charge in [-0.1, -0.05) is 60.2 Å². The summed E-state index contributed by atoms with van der Waals surface area (Å²) in [6.07, 6.45) is 1.71. The van der Waals surface area contributed by atoms with E-state index in [-0.39, 0.29) is 24.9 Å². The van der Waals surface area contributed by atoms with E-state index >= 15 is 0 Å². The highest BCUT2D eigenvalue weighted by Crippen LogP contribution is 2.34. The fourth-order valence-electron chi connectivity index (χ4n) is 4.14. The van der Waals surface area contributed by atoms with E-state index in [1.54, 1.807) is 18.2 Å². The second-order valence-corrected chi connectivity index (χ2v) is 10.5. The first-order chi connectivity index (χ1) is 16.8. The first-order valence-electron chi connectivity index (χ1n) is 11.6. The molecule has 1 atom stereocenters. The van der Waals surface area contributed by atoms with E-state index in [0.29, 0.717) is 36.8 Å². The predicted molar refractivity (Wildman–Crippen MR) is 136 cm³/mol. The molecule has 1 amide bonds. The molecule has 0 unspecified atom stereocenters. The van der Waals surface area contributed by atoms with Crippen molar-refractivity contribution in [2.75, 3.05) is 30.3 Å². The average molecular weight is 495 g/mol. The lowest BCUT2D eigenvalue weighted by molar-refractivity contribution is -0.121. The molecule has 1 heterocycles. The summed E-state index contributed by atoms with van der Waals surface area (Å²) in [6, 6.07) is 22.6. The Morgan fingerprint density at radius 2 is 1.66 bits per heavy atom. The number of amides is 1. The highest BCUT2D eigenvalue weighted by atomic mass is 32.2. The van der Waals surface area contributed by atoms with Crippen LogP contribution in [0, 0.1) is 6.92 Å². The maximum Gasteiger partial charge on any atom is 0.232 e. The van der Waals surface area contributed by atoms with Crippen LogP contribution in [0.15, 0.2) is 72.8 Å². The number of sulfonamides is 1. The molecule has 7 nitrogen and oxygen atoms in total. The van der Waals surface area contributed by atoms with E-state index < -0.39 is 10.0 Å². The van der Waals surface area contributed by atoms with Gasteiger partial charge in [0.1, 0.15) is 13.2 Å². The van der Waals surface area contributed by atoms with Crippen LogP contribution in [-0.2, 0) is 14.8 Å². The lowest BCUT2D eigenvalue weighted by atomic mass is 9.97. The number of carbonyl (C=O) groups is 1. The number of hydrogen-bond donors (Lipinski definition) is 1. The molecule has 0 aliphatic carbocycles. The van der Waals surface area contributed by atoms with Crippen LogP contribution < -0.4 is 19.1 Å². The van der Waals surface area contributed by atoms with Gasteiger partial charge in [-0.15, -0.1) is 0 Å². The van der Waals surface area contributed by atoms with Gasteiger partial charge in [-0.25, -0.2) is 8.42 Å². The van der Waals surface area contributed by atoms with Crippen LogP contribution >= 0.6 is 0 Å². The van der Waals surface area contributed by atoms with Crippen molar-refractivity contribution >= 4 is 21.6 Å². The summed E-state index contributed by atoms with van der Waals surface area (Å²) in [4.78, 5) is 12.9. The SMILES string of the molecule is Cc1cccc([C@H](NC(=O)CCCN(c2ccc3c(c2)OCCO3)S(C)(=O)=O)c2ccccc2)c1. The molecule has 0 saturated carbocycles. The van der Waals surface area contributed by atoms with Gasteiger partial charge in [0.05, 0.1) is 18.0 Å². The standard InChI is InChI=1S/C27H30N2O5S/c1-20-8-6-11-22(18-20)27(21-9-4-3-5-10-21)28-26(30)12-7-15-29(35(2,31)32)23-13-14-24-25(19-23)34-17-16-33-24/h3-6,8-11,13-14,18-19,27H,7,12,15-17H2,1-2H3,(H,28,30)/t27-/m1/s1. The van der Waals surface area contributed by atoms with E-state index in [2.05, 4.69) is 11.4 Å². The molecule has 0 spiro atoms. The highest BCUT2D eigenvalue weighted by Gasteiger charge is 2.22. The number of fused-ring (bicyclic) bond motifs is 1. The van der Waals surface area contributed by atoms with Gasteiger partial charge in [-0.2, -0.15) is 0 Å². The first kappa shape index (κ1) is 24.6. The van der Waals surface area contributed by atoms with Crippen molar-refractivity contribution in [2.24, 2.45) is 0 Å². The van der Waals surface area contributed by atoms with Crippen LogP contribution in [0.2, 0.25) is 0 Å². The molecule has 35 heavy (non-hydrogen) atoms. The summed E-state index contributed by atoms with van der Waals surface area (Å²) >= 11 is 0. The van der Waals surface area contributed by atoms with E-state index in [0.717, 1.165) is 22.9 Å². The van der Waals surface area contributed by atoms with Crippen LogP contribution in [0.25, 0.3) is 0 Å². The Bertz CT molecular complexity index is 1280. The largest absolute Gasteiger partial charge is 0.486 e. The van der Waals surface area contributed by atoms with Crippen molar-refractivity contribution < 1.29 is 22.7 Å². The summed E-state index contributed by atoms with van der Waals surface area (Å²) in [5.41, 5.74) is 3.58. The third-order valence-corrected chi connectivity index (χ3v) is 6.99. The van der Waals surface area contributed by atoms with Crippen molar-refractivity contribution in [3.05, 3.63) is 89.5 Å². The molecule has 1 aliphatic heterocycles. The molecule has 0 bridgehead atoms. The second-order valence-electron chi connectivity index (χ2n) is 8.59. The molecule has 1 N–H and O–H groups in total. The van der Waals surface area contributed by atoms with Crippen molar-refractivity contribution in [3.8, 4) is 11.5 Å². The maximum atomic E-state index is 12.9. The molecule has 3 aromatic rings. The van der Waals surface area contributed by atoms with Gasteiger partial charge in [-0.05, 0) is 36.6 Å². The summed E-state index contributed by atoms with van der Waals surface area (Å²) < 4.78 is 37.4. The minimum absolute atomic E-state index is 0.143. The number of carbonyl (C=O) groups excluding carboxylic acids is 1. The van der Waals surface area contributed by atoms with Crippen LogP contribution in [0.4, 0.5) is 5.69 Å². The molecule has 3 aromatic carbocycles. The van der Waals surface area contributed by atoms with Gasteiger partial charge in [0.25, 0.3) is 0 Å². The Labute approximate surface area is 206 Å². The number of nitrogens with zero attached hydrogens (tertiary/aromatic N) is 1. The average Bonchev–Trinajstić information content (AvgIpc) is 2.84. The maximum absolute atomic E-state index is 12.9. The van der Waals surface area contributed by atoms with Crippen LogP contribution in [0.3, 0.4) is 0 Å². The molecule has 4 rings (SSSR count). The molecule has 0 aromatic heterocycles. The molecular weight excluding hydrogens is 464 g/mol. The Morgan fingerprint density at radius 3 is 2.37 bits per heavy atom. The molecule has 0 radical (unpaired) electrons. The minimum Gasteiger partial charge on any atom is -0.486 e. The number of nitrogens with one attached hydrogen (secondary N) is 1. The topological polar surface area (TPSA) is 84.9 Å². The Hall–Kier alpha value is -3.52. The summed E-state index contributed by atoms with van der Waals surface area (Å²) in [5.74, 6) is 0.968. The quantitative estimate of drug-likeness (QED) is 0.482. The zero-order chi connectivity index (χ0) is 24.8. The van der Waals surface area contributed by atoms with Gasteiger partial charge < -0.3 is 14.8 Å². The number of ether oxygens (including phenoxy) is 2. The Balaban J connectivity index is 1.44. The predicted octanol–water partition coefficient (Wildman–Crippen LogP) is 4.22. The molecule has 0 saturated heterocycles. The van der Waals surface area contributed by atoms with Gasteiger partial charge in [0, 0.05) is 19.0 Å². The van der Waals surface area contributed by atoms with Gasteiger partial charge in [-0.3, -0.25) is 9.10 Å². The van der Waals surface area contributed by atoms with E-state index in [9.17, 15) is 13.2 Å². The van der Waals surface area contributed by atoms with Crippen molar-refractivity contribution in [2.45, 2.75) is 25.8 Å². The van der Waals surface area contributed by atoms with Crippen LogP contribution in [0.1, 0.15) is 35.6 Å². The minimum atomic E-state index is -3.55. The summed E-state index contributed by atoms with van der Waals surface area (Å²) in [5, 5.41) is 3.13. The van der Waals surface area contributed by atoms with E-state index in [1.807, 2.05) is 55.5 Å². The highest BCUT2D eigenvalue weighted by molar-refractivity contribution is 7.92. The van der Waals surface area contributed by atoms with E-state index in [1.165, 1.54) is 4.31 Å². The zero-order valence-electron chi connectivity index (χ0n) is 19.9. The molecule has 1 aliphatic rings. The van der Waals surface area contributed by atoms with Gasteiger partial charge >= 0.3 is 0 Å². The van der Waals surface area contributed by atoms with Crippen molar-refractivity contribution in [1.29, 1.82) is 0 Å². The Morgan fingerprint density at radius 1 is 0.943 bits per heavy atom. The number of aryl methyl sites for hydroxylation is 1. The number of rotatable bonds is 9. The molecule has 184 valence electrons. The van der Waals surface area contributed by atoms with Gasteiger partial charge in [0.15, 0.2) is 11.5 Å². The fourth-order valence-corrected chi connectivity index (χ4v) is 5.10. The summed E-state index contributed by atoms with van der Waals surface area (Å²) in [6.45, 7) is 3.07. The third kappa shape index (κ3) is 6.33. The number of hydrogen-bond acceptors (Lipinski definition) is 5. The molecule has 0 fully saturated rings. The molecular formula is C27H30N2O5S. The first-order valence-corrected chi connectivity index (χ1v) is 13.4. The number of anilines is 1. The number of benzene rings is 3. The third-order valence-electron chi connectivity index (χ3n) is 5.79. The fraction of sp³-hybridized carbons (Fsp3) is 0.296. The summed E-state index contributed by atoms with van der Waals surface area (Å²) in [7, 11) is -3.55. The van der Waals surface area contributed by atoms with Crippen molar-refractivity contribution in [1.82, 2.24) is 5.32 Å². The Kier molecular flexibility index (Phi) is 7.60. The van der Waals surface area contributed by atoms with Crippen molar-refractivity contribution in [3.63, 3.8) is 0 Å². The lowest BCUT2D eigenvalue weighted by Crippen LogP contribution is -2.33. The van der Waals surface area contributed by atoms with E-state index in [4.69, 9.17) is 9.47 Å².